The van der Waals surface area contributed by atoms with E-state index < -0.39 is 0 Å². The molecule has 0 unspecified atom stereocenters. The van der Waals surface area contributed by atoms with Crippen LogP contribution >= 0.6 is 0 Å². The third-order valence-electron chi connectivity index (χ3n) is 4.82. The Morgan fingerprint density at radius 3 is 1.57 bits per heavy atom. The zero-order chi connectivity index (χ0) is 16.7. The molecule has 0 fully saturated rings. The molecule has 128 valence electrons. The normalized spacial score (nSPS) is 11.3. The Hall–Kier alpha value is -1.58. The number of imidazole rings is 2. The van der Waals surface area contributed by atoms with Gasteiger partial charge in [0.05, 0.1) is 26.2 Å². The first-order valence-electron chi connectivity index (χ1n) is 9.27. The largest absolute Gasteiger partial charge is 0.253 e. The van der Waals surface area contributed by atoms with Gasteiger partial charge in [0.25, 0.3) is 11.6 Å². The van der Waals surface area contributed by atoms with E-state index in [1.54, 1.807) is 0 Å². The molecule has 0 aromatic carbocycles. The van der Waals surface area contributed by atoms with E-state index in [-0.39, 0.29) is 0 Å². The van der Waals surface area contributed by atoms with Crippen molar-refractivity contribution in [2.24, 2.45) is 0 Å². The number of aromatic nitrogens is 4. The molecule has 0 spiro atoms. The van der Waals surface area contributed by atoms with Crippen molar-refractivity contribution in [2.75, 3.05) is 0 Å². The summed E-state index contributed by atoms with van der Waals surface area (Å²) < 4.78 is 9.53. The van der Waals surface area contributed by atoms with Crippen LogP contribution < -0.4 is 9.13 Å². The molecule has 0 N–H and O–H groups in total. The standard InChI is InChI=1S/C19H34N4/c1-5-7-10-20-14-16-22(18(20)3)12-9-13-23-17-15-21(19(23)4)11-8-6-2/h14-17H,5-13H2,1-4H3/q+2. The maximum atomic E-state index is 2.39. The quantitative estimate of drug-likeness (QED) is 0.599. The van der Waals surface area contributed by atoms with Crippen molar-refractivity contribution in [3.8, 4) is 0 Å². The molecule has 4 heteroatoms. The first-order chi connectivity index (χ1) is 11.2. The fraction of sp³-hybridized carbons (Fsp3) is 0.684. The van der Waals surface area contributed by atoms with Crippen molar-refractivity contribution >= 4 is 0 Å². The minimum absolute atomic E-state index is 1.09. The van der Waals surface area contributed by atoms with Crippen molar-refractivity contribution in [1.29, 1.82) is 0 Å². The van der Waals surface area contributed by atoms with Crippen LogP contribution in [0.25, 0.3) is 0 Å². The van der Waals surface area contributed by atoms with Crippen molar-refractivity contribution in [2.45, 2.75) is 86.0 Å². The lowest BCUT2D eigenvalue weighted by atomic mass is 10.3. The number of hydrogen-bond donors (Lipinski definition) is 0. The molecular formula is C19H34N4+2. The Labute approximate surface area is 141 Å². The predicted octanol–water partition coefficient (Wildman–Crippen LogP) is 3.17. The van der Waals surface area contributed by atoms with E-state index in [0.717, 1.165) is 26.2 Å². The van der Waals surface area contributed by atoms with E-state index in [1.165, 1.54) is 43.8 Å². The Kier molecular flexibility index (Phi) is 6.87. The molecule has 0 amide bonds. The molecule has 2 aromatic rings. The highest BCUT2D eigenvalue weighted by Crippen LogP contribution is 2.01. The van der Waals surface area contributed by atoms with E-state index in [0.29, 0.717) is 0 Å². The summed E-state index contributed by atoms with van der Waals surface area (Å²) in [4.78, 5) is 0. The minimum atomic E-state index is 1.09. The molecule has 0 aliphatic rings. The van der Waals surface area contributed by atoms with Crippen molar-refractivity contribution < 1.29 is 9.13 Å². The smallest absolute Gasteiger partial charge is 0.234 e. The molecule has 2 aromatic heterocycles. The summed E-state index contributed by atoms with van der Waals surface area (Å²) in [6, 6.07) is 0. The summed E-state index contributed by atoms with van der Waals surface area (Å²) in [5.41, 5.74) is 0. The van der Waals surface area contributed by atoms with Crippen molar-refractivity contribution in [1.82, 2.24) is 9.13 Å². The monoisotopic (exact) mass is 318 g/mol. The molecule has 0 aliphatic heterocycles. The molecule has 2 heterocycles. The third-order valence-corrected chi connectivity index (χ3v) is 4.82. The van der Waals surface area contributed by atoms with E-state index in [1.807, 2.05) is 0 Å². The van der Waals surface area contributed by atoms with Gasteiger partial charge in [-0.05, 0) is 12.8 Å². The van der Waals surface area contributed by atoms with E-state index in [2.05, 4.69) is 70.8 Å². The van der Waals surface area contributed by atoms with Gasteiger partial charge in [0.1, 0.15) is 24.8 Å². The Bertz CT molecular complexity index is 542. The summed E-state index contributed by atoms with van der Waals surface area (Å²) in [6.07, 6.45) is 15.1. The van der Waals surface area contributed by atoms with Gasteiger partial charge < -0.3 is 0 Å². The van der Waals surface area contributed by atoms with Crippen molar-refractivity contribution in [3.05, 3.63) is 36.4 Å². The SMILES string of the molecule is CCCCn1cc[n+](CCC[n+]2ccn(CCCC)c2C)c1C. The van der Waals surface area contributed by atoms with Crippen LogP contribution in [0.1, 0.15) is 57.6 Å². The summed E-state index contributed by atoms with van der Waals surface area (Å²) in [7, 11) is 0. The molecule has 0 saturated carbocycles. The van der Waals surface area contributed by atoms with Crippen LogP contribution in [0.5, 0.6) is 0 Å². The highest BCUT2D eigenvalue weighted by atomic mass is 15.2. The van der Waals surface area contributed by atoms with E-state index >= 15 is 0 Å². The van der Waals surface area contributed by atoms with Gasteiger partial charge in [-0.1, -0.05) is 26.7 Å². The Morgan fingerprint density at radius 2 is 1.17 bits per heavy atom. The van der Waals surface area contributed by atoms with Gasteiger partial charge in [0.15, 0.2) is 0 Å². The number of nitrogens with zero attached hydrogens (tertiary/aromatic N) is 4. The maximum absolute atomic E-state index is 2.39. The second-order valence-electron chi connectivity index (χ2n) is 6.52. The van der Waals surface area contributed by atoms with Gasteiger partial charge in [0.2, 0.25) is 0 Å². The number of rotatable bonds is 10. The summed E-state index contributed by atoms with van der Waals surface area (Å²) in [5, 5.41) is 0. The first kappa shape index (κ1) is 17.8. The molecule has 0 atom stereocenters. The first-order valence-corrected chi connectivity index (χ1v) is 9.27. The predicted molar refractivity (Wildman–Crippen MR) is 93.2 cm³/mol. The molecule has 4 nitrogen and oxygen atoms in total. The Morgan fingerprint density at radius 1 is 0.739 bits per heavy atom. The van der Waals surface area contributed by atoms with Crippen LogP contribution in [0.2, 0.25) is 0 Å². The molecule has 23 heavy (non-hydrogen) atoms. The van der Waals surface area contributed by atoms with Gasteiger partial charge in [-0.2, -0.15) is 0 Å². The number of aryl methyl sites for hydroxylation is 4. The van der Waals surface area contributed by atoms with Crippen LogP contribution in [0, 0.1) is 13.8 Å². The van der Waals surface area contributed by atoms with Gasteiger partial charge >= 0.3 is 0 Å². The van der Waals surface area contributed by atoms with E-state index in [4.69, 9.17) is 0 Å². The van der Waals surface area contributed by atoms with E-state index in [9.17, 15) is 0 Å². The molecule has 2 rings (SSSR count). The van der Waals surface area contributed by atoms with Crippen LogP contribution in [0.15, 0.2) is 24.8 Å². The number of hydrogen-bond acceptors (Lipinski definition) is 0. The fourth-order valence-corrected chi connectivity index (χ4v) is 3.10. The highest BCUT2D eigenvalue weighted by molar-refractivity contribution is 4.80. The minimum Gasteiger partial charge on any atom is -0.234 e. The second kappa shape index (κ2) is 8.90. The second-order valence-corrected chi connectivity index (χ2v) is 6.52. The molecular weight excluding hydrogens is 284 g/mol. The molecule has 0 radical (unpaired) electrons. The summed E-state index contributed by atoms with van der Waals surface area (Å²) in [5.74, 6) is 2.75. The van der Waals surface area contributed by atoms with Gasteiger partial charge in [-0.3, -0.25) is 0 Å². The zero-order valence-electron chi connectivity index (χ0n) is 15.5. The lowest BCUT2D eigenvalue weighted by molar-refractivity contribution is -0.732. The average Bonchev–Trinajstić information content (AvgIpc) is 3.08. The molecule has 0 aliphatic carbocycles. The lowest BCUT2D eigenvalue weighted by Crippen LogP contribution is -2.41. The van der Waals surface area contributed by atoms with Crippen LogP contribution in [0.4, 0.5) is 0 Å². The number of unbranched alkanes of at least 4 members (excludes halogenated alkanes) is 2. The maximum Gasteiger partial charge on any atom is 0.253 e. The molecule has 0 saturated heterocycles. The van der Waals surface area contributed by atoms with Crippen molar-refractivity contribution in [3.63, 3.8) is 0 Å². The summed E-state index contributed by atoms with van der Waals surface area (Å²) >= 11 is 0. The highest BCUT2D eigenvalue weighted by Gasteiger charge is 2.14. The Balaban J connectivity index is 1.85. The van der Waals surface area contributed by atoms with Crippen LogP contribution in [-0.2, 0) is 26.2 Å². The topological polar surface area (TPSA) is 17.6 Å². The average molecular weight is 319 g/mol. The van der Waals surface area contributed by atoms with Gasteiger partial charge in [-0.15, -0.1) is 0 Å². The van der Waals surface area contributed by atoms with Gasteiger partial charge in [0, 0.05) is 20.3 Å². The fourth-order valence-electron chi connectivity index (χ4n) is 3.10. The summed E-state index contributed by atoms with van der Waals surface area (Å²) in [6.45, 7) is 13.4. The molecule has 0 bridgehead atoms. The zero-order valence-corrected chi connectivity index (χ0v) is 15.5. The van der Waals surface area contributed by atoms with Gasteiger partial charge in [-0.25, -0.2) is 18.3 Å². The lowest BCUT2D eigenvalue weighted by Gasteiger charge is -2.02. The van der Waals surface area contributed by atoms with Crippen LogP contribution in [-0.4, -0.2) is 9.13 Å². The third kappa shape index (κ3) is 4.69. The van der Waals surface area contributed by atoms with Crippen LogP contribution in [0.3, 0.4) is 0 Å².